The van der Waals surface area contributed by atoms with E-state index < -0.39 is 0 Å². The molecular formula is C18H32NP. The Labute approximate surface area is 127 Å². The van der Waals surface area contributed by atoms with Gasteiger partial charge in [-0.05, 0) is 48.7 Å². The van der Waals surface area contributed by atoms with Gasteiger partial charge in [0.1, 0.15) is 0 Å². The van der Waals surface area contributed by atoms with E-state index >= 15 is 0 Å². The second-order valence-electron chi connectivity index (χ2n) is 6.24. The number of hydrogen-bond acceptors (Lipinski definition) is 1. The van der Waals surface area contributed by atoms with Crippen molar-refractivity contribution in [1.29, 1.82) is 5.26 Å². The predicted molar refractivity (Wildman–Crippen MR) is 91.4 cm³/mol. The van der Waals surface area contributed by atoms with Crippen LogP contribution in [0.25, 0.3) is 0 Å². The summed E-state index contributed by atoms with van der Waals surface area (Å²) in [6, 6.07) is 2.38. The molecule has 0 aliphatic carbocycles. The SMILES string of the molecule is CCCCP1CCC(CCCC)(CCCC)/C1=C/C#N. The van der Waals surface area contributed by atoms with Crippen LogP contribution in [0.1, 0.15) is 78.6 Å². The van der Waals surface area contributed by atoms with Crippen LogP contribution in [0.3, 0.4) is 0 Å². The van der Waals surface area contributed by atoms with E-state index in [2.05, 4.69) is 26.8 Å². The normalized spacial score (nSPS) is 23.1. The highest BCUT2D eigenvalue weighted by Crippen LogP contribution is 2.65. The van der Waals surface area contributed by atoms with Gasteiger partial charge in [-0.2, -0.15) is 5.26 Å². The van der Waals surface area contributed by atoms with Crippen molar-refractivity contribution in [2.45, 2.75) is 78.6 Å². The molecule has 0 spiro atoms. The minimum absolute atomic E-state index is 0.00270. The molecule has 114 valence electrons. The Hall–Kier alpha value is -0.340. The zero-order valence-corrected chi connectivity index (χ0v) is 14.6. The van der Waals surface area contributed by atoms with Crippen LogP contribution in [-0.2, 0) is 0 Å². The van der Waals surface area contributed by atoms with Crippen LogP contribution >= 0.6 is 7.92 Å². The lowest BCUT2D eigenvalue weighted by Gasteiger charge is -2.32. The average molecular weight is 293 g/mol. The monoisotopic (exact) mass is 293 g/mol. The summed E-state index contributed by atoms with van der Waals surface area (Å²) in [5.74, 6) is 0. The summed E-state index contributed by atoms with van der Waals surface area (Å²) in [4.78, 5) is 0. The maximum Gasteiger partial charge on any atom is 0.0915 e. The van der Waals surface area contributed by atoms with Gasteiger partial charge in [-0.15, -0.1) is 0 Å². The highest BCUT2D eigenvalue weighted by atomic mass is 31.1. The molecule has 0 saturated carbocycles. The lowest BCUT2D eigenvalue weighted by atomic mass is 9.76. The first-order valence-corrected chi connectivity index (χ1v) is 10.3. The number of unbranched alkanes of at least 4 members (excludes halogenated alkanes) is 3. The third-order valence-corrected chi connectivity index (χ3v) is 7.65. The Bertz CT molecular complexity index is 332. The van der Waals surface area contributed by atoms with E-state index in [4.69, 9.17) is 0 Å². The molecule has 1 aliphatic rings. The van der Waals surface area contributed by atoms with Gasteiger partial charge in [0.15, 0.2) is 0 Å². The molecule has 0 aromatic carbocycles. The fraction of sp³-hybridized carbons (Fsp3) is 0.833. The van der Waals surface area contributed by atoms with E-state index in [0.717, 1.165) is 0 Å². The number of nitriles is 1. The van der Waals surface area contributed by atoms with Crippen LogP contribution < -0.4 is 0 Å². The second kappa shape index (κ2) is 9.57. The Balaban J connectivity index is 2.89. The molecule has 1 nitrogen and oxygen atoms in total. The maximum absolute atomic E-state index is 9.24. The molecule has 20 heavy (non-hydrogen) atoms. The van der Waals surface area contributed by atoms with Gasteiger partial charge in [-0.1, -0.05) is 60.8 Å². The minimum Gasteiger partial charge on any atom is -0.193 e. The molecule has 1 unspecified atom stereocenters. The summed E-state index contributed by atoms with van der Waals surface area (Å²) < 4.78 is 0. The van der Waals surface area contributed by atoms with Crippen molar-refractivity contribution >= 4 is 7.92 Å². The Morgan fingerprint density at radius 3 is 2.20 bits per heavy atom. The van der Waals surface area contributed by atoms with Gasteiger partial charge in [0, 0.05) is 6.08 Å². The van der Waals surface area contributed by atoms with Gasteiger partial charge in [0.2, 0.25) is 0 Å². The number of nitrogens with zero attached hydrogens (tertiary/aromatic N) is 1. The van der Waals surface area contributed by atoms with Crippen molar-refractivity contribution in [1.82, 2.24) is 0 Å². The summed E-state index contributed by atoms with van der Waals surface area (Å²) in [6.45, 7) is 6.85. The molecule has 0 N–H and O–H groups in total. The van der Waals surface area contributed by atoms with Gasteiger partial charge in [0.25, 0.3) is 0 Å². The first-order valence-electron chi connectivity index (χ1n) is 8.59. The van der Waals surface area contributed by atoms with E-state index in [1.807, 2.05) is 6.08 Å². The molecule has 1 rings (SSSR count). The largest absolute Gasteiger partial charge is 0.193 e. The van der Waals surface area contributed by atoms with Crippen LogP contribution in [0.4, 0.5) is 0 Å². The van der Waals surface area contributed by atoms with Gasteiger partial charge in [-0.25, -0.2) is 0 Å². The van der Waals surface area contributed by atoms with E-state index in [9.17, 15) is 5.26 Å². The Morgan fingerprint density at radius 1 is 1.10 bits per heavy atom. The average Bonchev–Trinajstić information content (AvgIpc) is 2.80. The van der Waals surface area contributed by atoms with Crippen molar-refractivity contribution in [3.8, 4) is 6.07 Å². The summed E-state index contributed by atoms with van der Waals surface area (Å²) in [5, 5.41) is 10.8. The van der Waals surface area contributed by atoms with Crippen molar-refractivity contribution in [2.24, 2.45) is 5.41 Å². The van der Waals surface area contributed by atoms with E-state index in [1.165, 1.54) is 70.1 Å². The topological polar surface area (TPSA) is 23.8 Å². The standard InChI is InChI=1S/C18H32NP/c1-4-7-11-18(12-8-5-2)13-16-20(15-9-6-3)17(18)10-14-19/h10H,4-9,11-13,15-16H2,1-3H3/b17-10-. The third kappa shape index (κ3) is 4.60. The third-order valence-electron chi connectivity index (χ3n) is 4.74. The van der Waals surface area contributed by atoms with Crippen molar-refractivity contribution in [3.05, 3.63) is 11.4 Å². The van der Waals surface area contributed by atoms with Crippen molar-refractivity contribution < 1.29 is 0 Å². The smallest absolute Gasteiger partial charge is 0.0915 e. The molecular weight excluding hydrogens is 261 g/mol. The molecule has 0 aromatic heterocycles. The number of hydrogen-bond donors (Lipinski definition) is 0. The van der Waals surface area contributed by atoms with Gasteiger partial charge < -0.3 is 0 Å². The van der Waals surface area contributed by atoms with Gasteiger partial charge in [0.05, 0.1) is 6.07 Å². The molecule has 1 heterocycles. The minimum atomic E-state index is -0.00270. The molecule has 0 bridgehead atoms. The molecule has 1 saturated heterocycles. The van der Waals surface area contributed by atoms with Crippen LogP contribution in [0.2, 0.25) is 0 Å². The molecule has 1 atom stereocenters. The second-order valence-corrected chi connectivity index (χ2v) is 8.69. The fourth-order valence-corrected chi connectivity index (χ4v) is 6.83. The zero-order valence-electron chi connectivity index (χ0n) is 13.7. The maximum atomic E-state index is 9.24. The fourth-order valence-electron chi connectivity index (χ4n) is 3.48. The summed E-state index contributed by atoms with van der Waals surface area (Å²) in [6.07, 6.45) is 16.5. The molecule has 0 radical (unpaired) electrons. The van der Waals surface area contributed by atoms with E-state index in [-0.39, 0.29) is 7.92 Å². The van der Waals surface area contributed by atoms with Crippen molar-refractivity contribution in [2.75, 3.05) is 12.3 Å². The van der Waals surface area contributed by atoms with Gasteiger partial charge >= 0.3 is 0 Å². The molecule has 0 aromatic rings. The molecule has 2 heteroatoms. The van der Waals surface area contributed by atoms with Crippen LogP contribution in [0.15, 0.2) is 11.4 Å². The van der Waals surface area contributed by atoms with Crippen LogP contribution in [0, 0.1) is 16.7 Å². The summed E-state index contributed by atoms with van der Waals surface area (Å²) >= 11 is 0. The molecule has 1 aliphatic heterocycles. The highest BCUT2D eigenvalue weighted by molar-refractivity contribution is 7.62. The first-order chi connectivity index (χ1) is 9.74. The van der Waals surface area contributed by atoms with Crippen LogP contribution in [0.5, 0.6) is 0 Å². The molecule has 1 fully saturated rings. The lowest BCUT2D eigenvalue weighted by molar-refractivity contribution is 0.297. The first kappa shape index (κ1) is 17.7. The summed E-state index contributed by atoms with van der Waals surface area (Å²) in [5.41, 5.74) is 0.404. The number of rotatable bonds is 9. The summed E-state index contributed by atoms with van der Waals surface area (Å²) in [7, 11) is -0.00270. The highest BCUT2D eigenvalue weighted by Gasteiger charge is 2.42. The van der Waals surface area contributed by atoms with E-state index in [1.54, 1.807) is 5.31 Å². The van der Waals surface area contributed by atoms with Gasteiger partial charge in [-0.3, -0.25) is 0 Å². The Kier molecular flexibility index (Phi) is 8.47. The predicted octanol–water partition coefficient (Wildman–Crippen LogP) is 6.45. The van der Waals surface area contributed by atoms with Crippen molar-refractivity contribution in [3.63, 3.8) is 0 Å². The quantitative estimate of drug-likeness (QED) is 0.354. The Morgan fingerprint density at radius 2 is 1.70 bits per heavy atom. The van der Waals surface area contributed by atoms with E-state index in [0.29, 0.717) is 5.41 Å². The van der Waals surface area contributed by atoms with Crippen LogP contribution in [-0.4, -0.2) is 12.3 Å². The zero-order chi connectivity index (χ0) is 14.8. The number of allylic oxidation sites excluding steroid dienone is 2. The molecule has 0 amide bonds. The lowest BCUT2D eigenvalue weighted by Crippen LogP contribution is -2.19.